The van der Waals surface area contributed by atoms with Crippen molar-refractivity contribution in [3.05, 3.63) is 47.5 Å². The molecule has 0 aromatic heterocycles. The molecule has 0 fully saturated rings. The van der Waals surface area contributed by atoms with Crippen molar-refractivity contribution in [2.75, 3.05) is 0 Å². The first-order chi connectivity index (χ1) is 7.27. The van der Waals surface area contributed by atoms with Crippen molar-refractivity contribution in [1.82, 2.24) is 5.32 Å². The number of fused-ring (bicyclic) bond motifs is 3. The van der Waals surface area contributed by atoms with E-state index in [9.17, 15) is 9.59 Å². The molecule has 1 heterocycles. The van der Waals surface area contributed by atoms with Crippen LogP contribution in [-0.2, 0) is 0 Å². The molecule has 0 aliphatic carbocycles. The van der Waals surface area contributed by atoms with Gasteiger partial charge in [-0.1, -0.05) is 30.3 Å². The van der Waals surface area contributed by atoms with E-state index in [1.165, 1.54) is 0 Å². The van der Waals surface area contributed by atoms with Gasteiger partial charge in [0, 0.05) is 0 Å². The maximum Gasteiger partial charge on any atom is 1.00 e. The third-order valence-electron chi connectivity index (χ3n) is 2.63. The van der Waals surface area contributed by atoms with Gasteiger partial charge in [0.2, 0.25) is 0 Å². The number of nitrogens with one attached hydrogen (secondary N) is 1. The van der Waals surface area contributed by atoms with Gasteiger partial charge in [-0.2, -0.15) is 0 Å². The van der Waals surface area contributed by atoms with Crippen LogP contribution in [0.4, 0.5) is 0 Å². The molecule has 0 radical (unpaired) electrons. The normalized spacial score (nSPS) is 13.2. The Morgan fingerprint density at radius 1 is 0.938 bits per heavy atom. The predicted octanol–water partition coefficient (Wildman–Crippen LogP) is -1.16. The summed E-state index contributed by atoms with van der Waals surface area (Å²) in [5.41, 5.74) is 0.969. The zero-order valence-corrected chi connectivity index (χ0v) is 10.8. The van der Waals surface area contributed by atoms with Crippen LogP contribution in [0.15, 0.2) is 36.4 Å². The maximum absolute atomic E-state index is 11.6. The second-order valence-corrected chi connectivity index (χ2v) is 3.49. The van der Waals surface area contributed by atoms with Crippen LogP contribution in [0.2, 0.25) is 0 Å². The molecule has 0 saturated heterocycles. The molecule has 1 aliphatic heterocycles. The maximum atomic E-state index is 11.6. The van der Waals surface area contributed by atoms with Gasteiger partial charge in [0.15, 0.2) is 0 Å². The molecule has 2 aromatic carbocycles. The van der Waals surface area contributed by atoms with E-state index in [0.29, 0.717) is 11.1 Å². The molecule has 1 aliphatic rings. The fourth-order valence-corrected chi connectivity index (χ4v) is 1.94. The van der Waals surface area contributed by atoms with Crippen molar-refractivity contribution < 1.29 is 40.6 Å². The van der Waals surface area contributed by atoms with Gasteiger partial charge in [0.1, 0.15) is 0 Å². The number of hydrogen-bond donors (Lipinski definition) is 1. The number of hydrogen-bond acceptors (Lipinski definition) is 2. The van der Waals surface area contributed by atoms with Crippen molar-refractivity contribution in [2.24, 2.45) is 0 Å². The molecule has 74 valence electrons. The first kappa shape index (κ1) is 11.3. The molecule has 0 atom stereocenters. The van der Waals surface area contributed by atoms with E-state index in [-0.39, 0.29) is 42.8 Å². The first-order valence-corrected chi connectivity index (χ1v) is 4.65. The van der Waals surface area contributed by atoms with Gasteiger partial charge >= 0.3 is 29.6 Å². The number of carbonyl (C=O) groups excluding carboxylic acids is 2. The van der Waals surface area contributed by atoms with Gasteiger partial charge in [-0.25, -0.2) is 0 Å². The second kappa shape index (κ2) is 4.01. The SMILES string of the molecule is O=C1NC(=O)c2c1ccc1ccccc21.[H-].[Na+]. The minimum Gasteiger partial charge on any atom is -1.00 e. The Morgan fingerprint density at radius 2 is 1.69 bits per heavy atom. The van der Waals surface area contributed by atoms with E-state index in [4.69, 9.17) is 0 Å². The van der Waals surface area contributed by atoms with E-state index < -0.39 is 0 Å². The summed E-state index contributed by atoms with van der Waals surface area (Å²) in [6, 6.07) is 11.1. The standard InChI is InChI=1S/C12H7NO2.Na.H/c14-11-9-6-5-7-3-1-2-4-8(7)10(9)12(15)13-11;;/h1-6H,(H,13,14,15);;/q;+1;-1. The van der Waals surface area contributed by atoms with Gasteiger partial charge < -0.3 is 1.43 Å². The molecule has 2 aromatic rings. The van der Waals surface area contributed by atoms with Crippen LogP contribution in [0.1, 0.15) is 22.1 Å². The topological polar surface area (TPSA) is 46.2 Å². The monoisotopic (exact) mass is 221 g/mol. The van der Waals surface area contributed by atoms with Crippen LogP contribution in [0.25, 0.3) is 10.8 Å². The van der Waals surface area contributed by atoms with Crippen LogP contribution in [-0.4, -0.2) is 11.8 Å². The van der Waals surface area contributed by atoms with Crippen LogP contribution in [0.3, 0.4) is 0 Å². The van der Waals surface area contributed by atoms with Crippen LogP contribution in [0.5, 0.6) is 0 Å². The molecule has 16 heavy (non-hydrogen) atoms. The number of rotatable bonds is 0. The van der Waals surface area contributed by atoms with E-state index in [0.717, 1.165) is 10.8 Å². The van der Waals surface area contributed by atoms with Crippen molar-refractivity contribution in [2.45, 2.75) is 0 Å². The Kier molecular flexibility index (Phi) is 2.84. The molecule has 0 spiro atoms. The molecular formula is C12H8NNaO2. The van der Waals surface area contributed by atoms with Gasteiger partial charge in [-0.05, 0) is 16.8 Å². The van der Waals surface area contributed by atoms with E-state index in [1.807, 2.05) is 30.3 Å². The summed E-state index contributed by atoms with van der Waals surface area (Å²) in [7, 11) is 0. The van der Waals surface area contributed by atoms with Gasteiger partial charge in [0.25, 0.3) is 11.8 Å². The summed E-state index contributed by atoms with van der Waals surface area (Å²) in [5, 5.41) is 4.10. The number of imide groups is 1. The molecular weight excluding hydrogens is 213 g/mol. The zero-order valence-electron chi connectivity index (χ0n) is 9.78. The minimum absolute atomic E-state index is 0. The molecule has 4 heteroatoms. The first-order valence-electron chi connectivity index (χ1n) is 4.65. The van der Waals surface area contributed by atoms with E-state index in [2.05, 4.69) is 5.32 Å². The Morgan fingerprint density at radius 3 is 2.50 bits per heavy atom. The molecule has 1 N–H and O–H groups in total. The van der Waals surface area contributed by atoms with Crippen molar-refractivity contribution in [3.63, 3.8) is 0 Å². The van der Waals surface area contributed by atoms with Crippen molar-refractivity contribution >= 4 is 22.6 Å². The molecule has 3 nitrogen and oxygen atoms in total. The van der Waals surface area contributed by atoms with Crippen molar-refractivity contribution in [1.29, 1.82) is 0 Å². The number of benzene rings is 2. The average Bonchev–Trinajstić information content (AvgIpc) is 2.55. The molecule has 2 amide bonds. The van der Waals surface area contributed by atoms with Crippen LogP contribution >= 0.6 is 0 Å². The Hall–Kier alpha value is -1.16. The second-order valence-electron chi connectivity index (χ2n) is 3.49. The largest absolute Gasteiger partial charge is 1.00 e. The Labute approximate surface area is 116 Å². The zero-order chi connectivity index (χ0) is 10.4. The third kappa shape index (κ3) is 1.48. The Bertz CT molecular complexity index is 612. The number of amides is 2. The fourth-order valence-electron chi connectivity index (χ4n) is 1.94. The molecule has 0 saturated carbocycles. The van der Waals surface area contributed by atoms with E-state index in [1.54, 1.807) is 6.07 Å². The third-order valence-corrected chi connectivity index (χ3v) is 2.63. The van der Waals surface area contributed by atoms with E-state index >= 15 is 0 Å². The summed E-state index contributed by atoms with van der Waals surface area (Å²) in [4.78, 5) is 22.9. The predicted molar refractivity (Wildman–Crippen MR) is 56.9 cm³/mol. The fraction of sp³-hybridized carbons (Fsp3) is 0. The molecule has 0 unspecified atom stereocenters. The van der Waals surface area contributed by atoms with Gasteiger partial charge in [-0.3, -0.25) is 14.9 Å². The summed E-state index contributed by atoms with van der Waals surface area (Å²) < 4.78 is 0. The van der Waals surface area contributed by atoms with Gasteiger partial charge in [0.05, 0.1) is 11.1 Å². The number of carbonyl (C=O) groups is 2. The molecule has 0 bridgehead atoms. The Balaban J connectivity index is 0.000000722. The van der Waals surface area contributed by atoms with Gasteiger partial charge in [-0.15, -0.1) is 0 Å². The van der Waals surface area contributed by atoms with Crippen LogP contribution in [0, 0.1) is 0 Å². The summed E-state index contributed by atoms with van der Waals surface area (Å²) in [5.74, 6) is -0.604. The quantitative estimate of drug-likeness (QED) is 0.450. The summed E-state index contributed by atoms with van der Waals surface area (Å²) in [6.07, 6.45) is 0. The average molecular weight is 221 g/mol. The van der Waals surface area contributed by atoms with Crippen molar-refractivity contribution in [3.8, 4) is 0 Å². The van der Waals surface area contributed by atoms with Crippen LogP contribution < -0.4 is 34.9 Å². The minimum atomic E-state index is -0.305. The molecule has 3 rings (SSSR count). The smallest absolute Gasteiger partial charge is 1.00 e. The summed E-state index contributed by atoms with van der Waals surface area (Å²) >= 11 is 0. The summed E-state index contributed by atoms with van der Waals surface area (Å²) in [6.45, 7) is 0.